The van der Waals surface area contributed by atoms with E-state index in [0.717, 1.165) is 21.1 Å². The lowest BCUT2D eigenvalue weighted by Gasteiger charge is -2.14. The number of hydrogen-bond acceptors (Lipinski definition) is 3. The Labute approximate surface area is 130 Å². The second kappa shape index (κ2) is 6.75. The summed E-state index contributed by atoms with van der Waals surface area (Å²) >= 11 is 11.0. The Bertz CT molecular complexity index is 539. The van der Waals surface area contributed by atoms with Crippen LogP contribution in [0.2, 0.25) is 4.34 Å². The van der Waals surface area contributed by atoms with E-state index in [0.29, 0.717) is 0 Å². The zero-order chi connectivity index (χ0) is 13.8. The summed E-state index contributed by atoms with van der Waals surface area (Å²) in [4.78, 5) is 1.21. The van der Waals surface area contributed by atoms with Crippen molar-refractivity contribution in [2.75, 3.05) is 7.11 Å². The third kappa shape index (κ3) is 3.96. The first-order valence-corrected chi connectivity index (χ1v) is 7.90. The Kier molecular flexibility index (Phi) is 5.28. The van der Waals surface area contributed by atoms with Crippen molar-refractivity contribution < 1.29 is 4.74 Å². The topological polar surface area (TPSA) is 21.3 Å². The molecular formula is C14H15BrClNOS. The van der Waals surface area contributed by atoms with Crippen LogP contribution in [-0.2, 0) is 6.54 Å². The minimum Gasteiger partial charge on any atom is -0.497 e. The largest absolute Gasteiger partial charge is 0.497 e. The molecule has 0 amide bonds. The molecule has 0 spiro atoms. The van der Waals surface area contributed by atoms with E-state index in [4.69, 9.17) is 16.3 Å². The normalized spacial score (nSPS) is 12.4. The second-order valence-electron chi connectivity index (χ2n) is 4.21. The highest BCUT2D eigenvalue weighted by molar-refractivity contribution is 9.10. The zero-order valence-corrected chi connectivity index (χ0v) is 13.9. The molecular weight excluding hydrogens is 346 g/mol. The van der Waals surface area contributed by atoms with Gasteiger partial charge in [0.2, 0.25) is 0 Å². The van der Waals surface area contributed by atoms with Gasteiger partial charge in [-0.2, -0.15) is 0 Å². The van der Waals surface area contributed by atoms with Gasteiger partial charge in [-0.05, 0) is 46.6 Å². The summed E-state index contributed by atoms with van der Waals surface area (Å²) in [6.45, 7) is 2.94. The van der Waals surface area contributed by atoms with Crippen molar-refractivity contribution in [3.63, 3.8) is 0 Å². The van der Waals surface area contributed by atoms with Gasteiger partial charge in [0, 0.05) is 21.9 Å². The first-order valence-electron chi connectivity index (χ1n) is 5.91. The first kappa shape index (κ1) is 14.9. The van der Waals surface area contributed by atoms with Gasteiger partial charge in [0.25, 0.3) is 0 Å². The number of hydrogen-bond donors (Lipinski definition) is 1. The average molecular weight is 361 g/mol. The number of benzene rings is 1. The predicted molar refractivity (Wildman–Crippen MR) is 85.3 cm³/mol. The Morgan fingerprint density at radius 1 is 1.42 bits per heavy atom. The third-order valence-corrected chi connectivity index (χ3v) is 5.35. The van der Waals surface area contributed by atoms with E-state index in [2.05, 4.69) is 46.4 Å². The molecule has 2 aromatic rings. The third-order valence-electron chi connectivity index (χ3n) is 2.87. The minimum atomic E-state index is 0.259. The molecule has 0 bridgehead atoms. The van der Waals surface area contributed by atoms with Crippen molar-refractivity contribution in [1.29, 1.82) is 0 Å². The molecule has 0 saturated heterocycles. The fourth-order valence-electron chi connectivity index (χ4n) is 1.76. The molecule has 102 valence electrons. The van der Waals surface area contributed by atoms with E-state index in [9.17, 15) is 0 Å². The maximum Gasteiger partial charge on any atom is 0.119 e. The van der Waals surface area contributed by atoms with Gasteiger partial charge in [0.15, 0.2) is 0 Å². The summed E-state index contributed by atoms with van der Waals surface area (Å²) in [6.07, 6.45) is 0. The molecule has 0 aliphatic carbocycles. The van der Waals surface area contributed by atoms with E-state index in [-0.39, 0.29) is 6.04 Å². The van der Waals surface area contributed by atoms with Gasteiger partial charge < -0.3 is 10.1 Å². The molecule has 0 fully saturated rings. The highest BCUT2D eigenvalue weighted by Gasteiger charge is 2.08. The van der Waals surface area contributed by atoms with Crippen LogP contribution in [0, 0.1) is 0 Å². The van der Waals surface area contributed by atoms with Gasteiger partial charge in [-0.1, -0.05) is 23.7 Å². The lowest BCUT2D eigenvalue weighted by molar-refractivity contribution is 0.413. The molecule has 19 heavy (non-hydrogen) atoms. The Morgan fingerprint density at radius 3 is 2.84 bits per heavy atom. The van der Waals surface area contributed by atoms with Gasteiger partial charge in [0.1, 0.15) is 10.1 Å². The Hall–Kier alpha value is -0.550. The summed E-state index contributed by atoms with van der Waals surface area (Å²) in [5.74, 6) is 0.882. The summed E-state index contributed by atoms with van der Waals surface area (Å²) in [7, 11) is 1.68. The number of nitrogens with one attached hydrogen (secondary N) is 1. The molecule has 0 aliphatic heterocycles. The number of ether oxygens (including phenoxy) is 1. The number of rotatable bonds is 5. The van der Waals surface area contributed by atoms with Gasteiger partial charge in [-0.15, -0.1) is 11.3 Å². The standard InChI is InChI=1S/C14H15BrClNOS/c1-9(10-4-3-5-11(6-10)18-2)17-8-12-7-13(15)14(16)19-12/h3-7,9,17H,8H2,1-2H3/t9-/m0/s1. The van der Waals surface area contributed by atoms with Gasteiger partial charge in [0.05, 0.1) is 7.11 Å². The molecule has 0 radical (unpaired) electrons. The van der Waals surface area contributed by atoms with Gasteiger partial charge in [-0.3, -0.25) is 0 Å². The molecule has 1 aromatic heterocycles. The molecule has 0 aliphatic rings. The summed E-state index contributed by atoms with van der Waals surface area (Å²) < 4.78 is 7.00. The summed E-state index contributed by atoms with van der Waals surface area (Å²) in [5, 5.41) is 3.48. The number of thiophene rings is 1. The molecule has 0 saturated carbocycles. The SMILES string of the molecule is COc1cccc([C@H](C)NCc2cc(Br)c(Cl)s2)c1. The molecule has 1 aromatic carbocycles. The van der Waals surface area contributed by atoms with Gasteiger partial charge in [-0.25, -0.2) is 0 Å². The molecule has 2 nitrogen and oxygen atoms in total. The fraction of sp³-hybridized carbons (Fsp3) is 0.286. The highest BCUT2D eigenvalue weighted by Crippen LogP contribution is 2.32. The number of methoxy groups -OCH3 is 1. The second-order valence-corrected chi connectivity index (χ2v) is 6.81. The van der Waals surface area contributed by atoms with Crippen LogP contribution in [0.4, 0.5) is 0 Å². The Morgan fingerprint density at radius 2 is 2.21 bits per heavy atom. The maximum absolute atomic E-state index is 6.03. The monoisotopic (exact) mass is 359 g/mol. The lowest BCUT2D eigenvalue weighted by atomic mass is 10.1. The van der Waals surface area contributed by atoms with Crippen LogP contribution in [-0.4, -0.2) is 7.11 Å². The fourth-order valence-corrected chi connectivity index (χ4v) is 3.50. The van der Waals surface area contributed by atoms with Crippen molar-refractivity contribution in [1.82, 2.24) is 5.32 Å². The molecule has 1 atom stereocenters. The molecule has 1 heterocycles. The van der Waals surface area contributed by atoms with E-state index in [1.54, 1.807) is 18.4 Å². The summed E-state index contributed by atoms with van der Waals surface area (Å²) in [6, 6.07) is 10.4. The quantitative estimate of drug-likeness (QED) is 0.808. The van der Waals surface area contributed by atoms with Crippen LogP contribution in [0.3, 0.4) is 0 Å². The maximum atomic E-state index is 6.03. The van der Waals surface area contributed by atoms with E-state index < -0.39 is 0 Å². The van der Waals surface area contributed by atoms with Crippen LogP contribution in [0.5, 0.6) is 5.75 Å². The van der Waals surface area contributed by atoms with Crippen molar-refractivity contribution in [2.24, 2.45) is 0 Å². The van der Waals surface area contributed by atoms with Crippen molar-refractivity contribution >= 4 is 38.9 Å². The van der Waals surface area contributed by atoms with Crippen LogP contribution < -0.4 is 10.1 Å². The molecule has 1 N–H and O–H groups in total. The smallest absolute Gasteiger partial charge is 0.119 e. The highest BCUT2D eigenvalue weighted by atomic mass is 79.9. The molecule has 2 rings (SSSR count). The minimum absolute atomic E-state index is 0.259. The van der Waals surface area contributed by atoms with E-state index >= 15 is 0 Å². The van der Waals surface area contributed by atoms with Crippen molar-refractivity contribution in [2.45, 2.75) is 19.5 Å². The molecule has 0 unspecified atom stereocenters. The first-order chi connectivity index (χ1) is 9.10. The van der Waals surface area contributed by atoms with Crippen molar-refractivity contribution in [3.8, 4) is 5.75 Å². The zero-order valence-electron chi connectivity index (χ0n) is 10.7. The van der Waals surface area contributed by atoms with Crippen molar-refractivity contribution in [3.05, 3.63) is 49.6 Å². The average Bonchev–Trinajstić information content (AvgIpc) is 2.75. The summed E-state index contributed by atoms with van der Waals surface area (Å²) in [5.41, 5.74) is 1.21. The van der Waals surface area contributed by atoms with E-state index in [1.807, 2.05) is 12.1 Å². The predicted octanol–water partition coefficient (Wildman–Crippen LogP) is 5.02. The number of halogens is 2. The van der Waals surface area contributed by atoms with Crippen LogP contribution >= 0.6 is 38.9 Å². The van der Waals surface area contributed by atoms with Crippen LogP contribution in [0.15, 0.2) is 34.8 Å². The van der Waals surface area contributed by atoms with Crippen LogP contribution in [0.25, 0.3) is 0 Å². The molecule has 5 heteroatoms. The van der Waals surface area contributed by atoms with Gasteiger partial charge >= 0.3 is 0 Å². The lowest BCUT2D eigenvalue weighted by Crippen LogP contribution is -2.17. The van der Waals surface area contributed by atoms with Crippen LogP contribution in [0.1, 0.15) is 23.4 Å². The Balaban J connectivity index is 1.98. The van der Waals surface area contributed by atoms with E-state index in [1.165, 1.54) is 10.4 Å².